The number of carbonyl (C=O) groups excluding carboxylic acids is 2. The Kier molecular flexibility index (Phi) is 3.48. The molecule has 0 radical (unpaired) electrons. The first-order chi connectivity index (χ1) is 11.4. The molecule has 1 aromatic carbocycles. The van der Waals surface area contributed by atoms with E-state index in [1.807, 2.05) is 18.2 Å². The number of anilines is 1. The molecule has 126 valence electrons. The van der Waals surface area contributed by atoms with Crippen LogP contribution in [-0.4, -0.2) is 36.2 Å². The molecule has 3 aliphatic rings. The van der Waals surface area contributed by atoms with E-state index in [9.17, 15) is 9.59 Å². The number of esters is 1. The molecule has 2 fully saturated rings. The fourth-order valence-electron chi connectivity index (χ4n) is 3.94. The summed E-state index contributed by atoms with van der Waals surface area (Å²) in [7, 11) is 0. The van der Waals surface area contributed by atoms with E-state index in [2.05, 4.69) is 0 Å². The molecule has 2 bridgehead atoms. The molecule has 24 heavy (non-hydrogen) atoms. The van der Waals surface area contributed by atoms with Gasteiger partial charge in [0.05, 0.1) is 24.7 Å². The topological polar surface area (TPSA) is 55.8 Å². The van der Waals surface area contributed by atoms with E-state index in [4.69, 9.17) is 21.1 Å². The number of hydrogen-bond donors (Lipinski definition) is 0. The predicted octanol–water partition coefficient (Wildman–Crippen LogP) is 2.58. The monoisotopic (exact) mass is 347 g/mol. The van der Waals surface area contributed by atoms with Crippen LogP contribution in [0.25, 0.3) is 0 Å². The Morgan fingerprint density at radius 2 is 2.25 bits per heavy atom. The lowest BCUT2D eigenvalue weighted by molar-refractivity contribution is -0.156. The second-order valence-corrected chi connectivity index (χ2v) is 7.23. The lowest BCUT2D eigenvalue weighted by atomic mass is 9.77. The molecule has 5 nitrogen and oxygen atoms in total. The van der Waals surface area contributed by atoms with Gasteiger partial charge in [0.25, 0.3) is 0 Å². The van der Waals surface area contributed by atoms with E-state index < -0.39 is 17.4 Å². The van der Waals surface area contributed by atoms with Gasteiger partial charge in [-0.05, 0) is 32.0 Å². The minimum absolute atomic E-state index is 0.116. The normalized spacial score (nSPS) is 33.4. The summed E-state index contributed by atoms with van der Waals surface area (Å²) in [6.07, 6.45) is 3.19. The Hall–Kier alpha value is -1.85. The maximum Gasteiger partial charge on any atom is 0.313 e. The highest BCUT2D eigenvalue weighted by Gasteiger charge is 2.67. The highest BCUT2D eigenvalue weighted by atomic mass is 35.5. The zero-order valence-electron chi connectivity index (χ0n) is 13.4. The van der Waals surface area contributed by atoms with Crippen LogP contribution in [0.5, 0.6) is 0 Å². The van der Waals surface area contributed by atoms with Crippen LogP contribution in [0.1, 0.15) is 13.8 Å². The minimum Gasteiger partial charge on any atom is -0.463 e. The van der Waals surface area contributed by atoms with Gasteiger partial charge in [-0.2, -0.15) is 0 Å². The first kappa shape index (κ1) is 15.7. The summed E-state index contributed by atoms with van der Waals surface area (Å²) in [5.41, 5.74) is -0.0298. The van der Waals surface area contributed by atoms with Crippen LogP contribution in [-0.2, 0) is 19.1 Å². The number of ether oxygens (including phenoxy) is 2. The number of rotatable bonds is 3. The van der Waals surface area contributed by atoms with Crippen molar-refractivity contribution in [1.29, 1.82) is 0 Å². The summed E-state index contributed by atoms with van der Waals surface area (Å²) in [6.45, 7) is 3.98. The number of hydrogen-bond acceptors (Lipinski definition) is 4. The van der Waals surface area contributed by atoms with Gasteiger partial charge in [0.1, 0.15) is 11.5 Å². The van der Waals surface area contributed by atoms with Crippen LogP contribution < -0.4 is 4.90 Å². The zero-order valence-corrected chi connectivity index (χ0v) is 14.2. The van der Waals surface area contributed by atoms with Crippen LogP contribution in [0, 0.1) is 11.8 Å². The molecule has 2 saturated heterocycles. The highest BCUT2D eigenvalue weighted by molar-refractivity contribution is 6.31. The van der Waals surface area contributed by atoms with Crippen molar-refractivity contribution >= 4 is 29.2 Å². The molecule has 1 aromatic rings. The summed E-state index contributed by atoms with van der Waals surface area (Å²) in [5.74, 6) is -1.62. The third-order valence-corrected chi connectivity index (χ3v) is 5.08. The molecule has 0 aromatic heterocycles. The standard InChI is InChI=1S/C18H18ClNO4/c1-10(2)23-17(22)14-13-6-7-18(24-13)9-20(16(21)15(14)18)12-5-3-4-11(19)8-12/h3-8,10,13-15H,9H2,1-2H3/t13-,14-,15-,18+/m1/s1. The number of benzene rings is 1. The first-order valence-electron chi connectivity index (χ1n) is 8.06. The number of nitrogens with zero attached hydrogens (tertiary/aromatic N) is 1. The SMILES string of the molecule is CC(C)OC(=O)[C@@H]1[C@H]2C=C[C@@]3(CN(c4cccc(Cl)c4)C(=O)[C@@H]13)O2. The average molecular weight is 348 g/mol. The summed E-state index contributed by atoms with van der Waals surface area (Å²) in [5, 5.41) is 0.561. The molecule has 3 heterocycles. The van der Waals surface area contributed by atoms with E-state index in [-0.39, 0.29) is 24.1 Å². The van der Waals surface area contributed by atoms with E-state index in [0.717, 1.165) is 0 Å². The number of fused-ring (bicyclic) bond motifs is 1. The maximum atomic E-state index is 13.0. The fourth-order valence-corrected chi connectivity index (χ4v) is 4.13. The molecule has 4 atom stereocenters. The number of halogens is 1. The zero-order chi connectivity index (χ0) is 17.1. The van der Waals surface area contributed by atoms with Crippen LogP contribution >= 0.6 is 11.6 Å². The van der Waals surface area contributed by atoms with Crippen molar-refractivity contribution in [1.82, 2.24) is 0 Å². The van der Waals surface area contributed by atoms with Crippen molar-refractivity contribution in [3.05, 3.63) is 41.4 Å². The van der Waals surface area contributed by atoms with Gasteiger partial charge in [-0.1, -0.05) is 29.8 Å². The van der Waals surface area contributed by atoms with Crippen LogP contribution in [0.3, 0.4) is 0 Å². The molecule has 1 spiro atoms. The van der Waals surface area contributed by atoms with Gasteiger partial charge in [0, 0.05) is 10.7 Å². The minimum atomic E-state index is -0.745. The van der Waals surface area contributed by atoms with Crippen molar-refractivity contribution in [2.24, 2.45) is 11.8 Å². The third kappa shape index (κ3) is 2.19. The Morgan fingerprint density at radius 3 is 2.96 bits per heavy atom. The van der Waals surface area contributed by atoms with E-state index in [1.54, 1.807) is 36.9 Å². The van der Waals surface area contributed by atoms with Gasteiger partial charge in [0.2, 0.25) is 5.91 Å². The molecule has 4 rings (SSSR count). The number of carbonyl (C=O) groups is 2. The van der Waals surface area contributed by atoms with Crippen LogP contribution in [0.2, 0.25) is 5.02 Å². The lowest BCUT2D eigenvalue weighted by Gasteiger charge is -2.23. The fraction of sp³-hybridized carbons (Fsp3) is 0.444. The average Bonchev–Trinajstić information content (AvgIpc) is 3.15. The van der Waals surface area contributed by atoms with Crippen molar-refractivity contribution in [2.75, 3.05) is 11.4 Å². The lowest BCUT2D eigenvalue weighted by Crippen LogP contribution is -2.40. The van der Waals surface area contributed by atoms with Gasteiger partial charge in [0.15, 0.2) is 0 Å². The Balaban J connectivity index is 1.68. The molecular formula is C18H18ClNO4. The summed E-state index contributed by atoms with van der Waals surface area (Å²) >= 11 is 6.05. The van der Waals surface area contributed by atoms with Gasteiger partial charge in [-0.25, -0.2) is 0 Å². The van der Waals surface area contributed by atoms with Crippen LogP contribution in [0.4, 0.5) is 5.69 Å². The van der Waals surface area contributed by atoms with E-state index in [1.165, 1.54) is 0 Å². The molecule has 6 heteroatoms. The Labute approximate surface area is 145 Å². The van der Waals surface area contributed by atoms with E-state index >= 15 is 0 Å². The van der Waals surface area contributed by atoms with Gasteiger partial charge in [-0.3, -0.25) is 9.59 Å². The van der Waals surface area contributed by atoms with Gasteiger partial charge < -0.3 is 14.4 Å². The van der Waals surface area contributed by atoms with Crippen molar-refractivity contribution in [3.8, 4) is 0 Å². The largest absolute Gasteiger partial charge is 0.463 e. The summed E-state index contributed by atoms with van der Waals surface area (Å²) < 4.78 is 11.4. The first-order valence-corrected chi connectivity index (χ1v) is 8.44. The van der Waals surface area contributed by atoms with Crippen LogP contribution in [0.15, 0.2) is 36.4 Å². The van der Waals surface area contributed by atoms with Gasteiger partial charge in [-0.15, -0.1) is 0 Å². The van der Waals surface area contributed by atoms with Crippen molar-refractivity contribution in [2.45, 2.75) is 31.7 Å². The third-order valence-electron chi connectivity index (χ3n) is 4.84. The second kappa shape index (κ2) is 5.33. The van der Waals surface area contributed by atoms with E-state index in [0.29, 0.717) is 17.3 Å². The molecule has 0 aliphatic carbocycles. The molecule has 0 N–H and O–H groups in total. The number of amides is 1. The smallest absolute Gasteiger partial charge is 0.313 e. The summed E-state index contributed by atoms with van der Waals surface area (Å²) in [6, 6.07) is 7.14. The highest BCUT2D eigenvalue weighted by Crippen LogP contribution is 2.53. The van der Waals surface area contributed by atoms with Crippen molar-refractivity contribution < 1.29 is 19.1 Å². The second-order valence-electron chi connectivity index (χ2n) is 6.79. The quantitative estimate of drug-likeness (QED) is 0.623. The van der Waals surface area contributed by atoms with Crippen molar-refractivity contribution in [3.63, 3.8) is 0 Å². The molecule has 0 unspecified atom stereocenters. The Morgan fingerprint density at radius 1 is 1.46 bits per heavy atom. The molecular weight excluding hydrogens is 330 g/mol. The summed E-state index contributed by atoms with van der Waals surface area (Å²) in [4.78, 5) is 27.2. The maximum absolute atomic E-state index is 13.0. The predicted molar refractivity (Wildman–Crippen MR) is 88.8 cm³/mol. The molecule has 1 amide bonds. The van der Waals surface area contributed by atoms with Gasteiger partial charge >= 0.3 is 5.97 Å². The molecule has 0 saturated carbocycles. The Bertz CT molecular complexity index is 746. The molecule has 3 aliphatic heterocycles.